The summed E-state index contributed by atoms with van der Waals surface area (Å²) in [4.78, 5) is 28.9. The van der Waals surface area contributed by atoms with Gasteiger partial charge in [0.1, 0.15) is 5.54 Å². The normalized spacial score (nSPS) is 24.8. The first-order valence-corrected chi connectivity index (χ1v) is 8.44. The van der Waals surface area contributed by atoms with E-state index in [1.165, 1.54) is 4.90 Å². The van der Waals surface area contributed by atoms with Crippen molar-refractivity contribution in [2.45, 2.75) is 25.3 Å². The molecule has 0 saturated carbocycles. The van der Waals surface area contributed by atoms with E-state index in [4.69, 9.17) is 0 Å². The smallest absolute Gasteiger partial charge is 0.319 e. The number of carbonyl (C=O) groups is 2. The molecular weight excluding hydrogens is 302 g/mol. The second-order valence-electron chi connectivity index (χ2n) is 6.82. The molecule has 24 heavy (non-hydrogen) atoms. The van der Waals surface area contributed by atoms with Gasteiger partial charge in [-0.2, -0.15) is 0 Å². The van der Waals surface area contributed by atoms with Crippen molar-refractivity contribution in [1.82, 2.24) is 15.1 Å². The van der Waals surface area contributed by atoms with Gasteiger partial charge in [0.25, 0.3) is 5.91 Å². The van der Waals surface area contributed by atoms with Gasteiger partial charge in [-0.15, -0.1) is 0 Å². The minimum atomic E-state index is -0.999. The van der Waals surface area contributed by atoms with E-state index < -0.39 is 5.54 Å². The number of likely N-dealkylation sites (tertiary alicyclic amines) is 1. The summed E-state index contributed by atoms with van der Waals surface area (Å²) in [5, 5.41) is 5.08. The van der Waals surface area contributed by atoms with Crippen LogP contribution >= 0.6 is 0 Å². The number of benzene rings is 2. The fraction of sp³-hybridized carbons (Fsp3) is 0.368. The molecule has 1 atom stereocenters. The Bertz CT molecular complexity index is 813. The van der Waals surface area contributed by atoms with Crippen LogP contribution in [0.15, 0.2) is 42.5 Å². The summed E-state index contributed by atoms with van der Waals surface area (Å²) < 4.78 is 0. The van der Waals surface area contributed by atoms with E-state index >= 15 is 0 Å². The predicted molar refractivity (Wildman–Crippen MR) is 92.4 cm³/mol. The van der Waals surface area contributed by atoms with Gasteiger partial charge in [-0.3, -0.25) is 9.69 Å². The molecule has 2 aromatic rings. The van der Waals surface area contributed by atoms with E-state index in [0.717, 1.165) is 42.3 Å². The lowest BCUT2D eigenvalue weighted by Crippen LogP contribution is -2.43. The number of hydrogen-bond acceptors (Lipinski definition) is 3. The van der Waals surface area contributed by atoms with Gasteiger partial charge in [0.05, 0.1) is 6.67 Å². The van der Waals surface area contributed by atoms with E-state index in [0.29, 0.717) is 6.67 Å². The molecule has 124 valence electrons. The van der Waals surface area contributed by atoms with Gasteiger partial charge in [-0.05, 0) is 55.3 Å². The largest absolute Gasteiger partial charge is 0.326 e. The van der Waals surface area contributed by atoms with Crippen molar-refractivity contribution >= 4 is 22.7 Å². The Morgan fingerprint density at radius 3 is 2.50 bits per heavy atom. The molecule has 0 bridgehead atoms. The molecule has 2 aliphatic heterocycles. The van der Waals surface area contributed by atoms with Gasteiger partial charge in [-0.1, -0.05) is 36.4 Å². The average Bonchev–Trinajstić information content (AvgIpc) is 3.18. The Balaban J connectivity index is 1.65. The lowest BCUT2D eigenvalue weighted by atomic mass is 9.90. The molecule has 0 unspecified atom stereocenters. The zero-order valence-corrected chi connectivity index (χ0v) is 13.8. The monoisotopic (exact) mass is 323 g/mol. The van der Waals surface area contributed by atoms with Crippen molar-refractivity contribution in [3.63, 3.8) is 0 Å². The van der Waals surface area contributed by atoms with Crippen molar-refractivity contribution in [1.29, 1.82) is 0 Å². The van der Waals surface area contributed by atoms with Crippen LogP contribution in [-0.4, -0.2) is 41.5 Å². The van der Waals surface area contributed by atoms with E-state index in [2.05, 4.69) is 10.2 Å². The highest BCUT2D eigenvalue weighted by atomic mass is 16.2. The van der Waals surface area contributed by atoms with Gasteiger partial charge in [0.15, 0.2) is 0 Å². The summed E-state index contributed by atoms with van der Waals surface area (Å²) in [7, 11) is 0. The molecule has 2 aromatic carbocycles. The molecule has 3 amide bonds. The molecule has 0 aromatic heterocycles. The second kappa shape index (κ2) is 5.60. The molecule has 0 radical (unpaired) electrons. The van der Waals surface area contributed by atoms with Crippen molar-refractivity contribution in [3.05, 3.63) is 48.0 Å². The fourth-order valence-electron chi connectivity index (χ4n) is 3.65. The fourth-order valence-corrected chi connectivity index (χ4v) is 3.65. The Morgan fingerprint density at radius 1 is 1.04 bits per heavy atom. The molecular formula is C19H21N3O2. The third-order valence-corrected chi connectivity index (χ3v) is 5.14. The SMILES string of the molecule is C[C@@]1(c2ccc3ccccc3c2)NC(=O)N(CN2CCCC2)C1=O. The molecule has 4 rings (SSSR count). The van der Waals surface area contributed by atoms with E-state index in [1.807, 2.05) is 42.5 Å². The standard InChI is InChI=1S/C19H21N3O2/c1-19(16-9-8-14-6-2-3-7-15(14)12-16)17(23)22(18(24)20-19)13-21-10-4-5-11-21/h2-3,6-9,12H,4-5,10-11,13H2,1H3,(H,20,24)/t19-/m0/s1. The van der Waals surface area contributed by atoms with Gasteiger partial charge < -0.3 is 5.32 Å². The quantitative estimate of drug-likeness (QED) is 0.884. The highest BCUT2D eigenvalue weighted by Gasteiger charge is 2.49. The third kappa shape index (κ3) is 2.36. The van der Waals surface area contributed by atoms with Crippen LogP contribution in [0.4, 0.5) is 4.79 Å². The van der Waals surface area contributed by atoms with Crippen molar-refractivity contribution < 1.29 is 9.59 Å². The molecule has 5 nitrogen and oxygen atoms in total. The molecule has 1 N–H and O–H groups in total. The average molecular weight is 323 g/mol. The van der Waals surface area contributed by atoms with Crippen molar-refractivity contribution in [2.24, 2.45) is 0 Å². The Labute approximate surface area is 141 Å². The molecule has 0 aliphatic carbocycles. The van der Waals surface area contributed by atoms with E-state index in [1.54, 1.807) is 6.92 Å². The van der Waals surface area contributed by atoms with Crippen LogP contribution in [0.2, 0.25) is 0 Å². The zero-order chi connectivity index (χ0) is 16.7. The number of nitrogens with one attached hydrogen (secondary N) is 1. The van der Waals surface area contributed by atoms with Crippen LogP contribution in [0.5, 0.6) is 0 Å². The van der Waals surface area contributed by atoms with Crippen LogP contribution in [-0.2, 0) is 10.3 Å². The second-order valence-corrected chi connectivity index (χ2v) is 6.82. The van der Waals surface area contributed by atoms with E-state index in [9.17, 15) is 9.59 Å². The van der Waals surface area contributed by atoms with E-state index in [-0.39, 0.29) is 11.9 Å². The Kier molecular flexibility index (Phi) is 3.53. The third-order valence-electron chi connectivity index (χ3n) is 5.14. The molecule has 2 fully saturated rings. The highest BCUT2D eigenvalue weighted by molar-refractivity contribution is 6.07. The number of hydrogen-bond donors (Lipinski definition) is 1. The van der Waals surface area contributed by atoms with Crippen molar-refractivity contribution in [3.8, 4) is 0 Å². The number of rotatable bonds is 3. The van der Waals surface area contributed by atoms with Gasteiger partial charge >= 0.3 is 6.03 Å². The number of nitrogens with zero attached hydrogens (tertiary/aromatic N) is 2. The first-order valence-electron chi connectivity index (χ1n) is 8.44. The van der Waals surface area contributed by atoms with Crippen LogP contribution in [0.25, 0.3) is 10.8 Å². The summed E-state index contributed by atoms with van der Waals surface area (Å²) in [6.45, 7) is 4.07. The number of carbonyl (C=O) groups excluding carboxylic acids is 2. The summed E-state index contributed by atoms with van der Waals surface area (Å²) in [5.41, 5.74) is -0.177. The molecule has 5 heteroatoms. The highest BCUT2D eigenvalue weighted by Crippen LogP contribution is 2.31. The van der Waals surface area contributed by atoms with Crippen LogP contribution < -0.4 is 5.32 Å². The van der Waals surface area contributed by atoms with Crippen LogP contribution in [0.1, 0.15) is 25.3 Å². The number of imide groups is 1. The van der Waals surface area contributed by atoms with Crippen molar-refractivity contribution in [2.75, 3.05) is 19.8 Å². The lowest BCUT2D eigenvalue weighted by molar-refractivity contribution is -0.132. The lowest BCUT2D eigenvalue weighted by Gasteiger charge is -2.24. The van der Waals surface area contributed by atoms with Crippen LogP contribution in [0.3, 0.4) is 0 Å². The number of urea groups is 1. The van der Waals surface area contributed by atoms with Crippen LogP contribution in [0, 0.1) is 0 Å². The maximum Gasteiger partial charge on any atom is 0.326 e. The molecule has 2 heterocycles. The molecule has 2 saturated heterocycles. The first kappa shape index (κ1) is 15.1. The van der Waals surface area contributed by atoms with Gasteiger partial charge in [-0.25, -0.2) is 9.69 Å². The Morgan fingerprint density at radius 2 is 1.75 bits per heavy atom. The summed E-state index contributed by atoms with van der Waals surface area (Å²) >= 11 is 0. The van der Waals surface area contributed by atoms with Gasteiger partial charge in [0, 0.05) is 0 Å². The minimum absolute atomic E-state index is 0.172. The topological polar surface area (TPSA) is 52.7 Å². The molecule has 0 spiro atoms. The zero-order valence-electron chi connectivity index (χ0n) is 13.8. The maximum atomic E-state index is 13.0. The number of amides is 3. The Hall–Kier alpha value is -2.40. The molecule has 2 aliphatic rings. The summed E-state index contributed by atoms with van der Waals surface area (Å²) in [5.74, 6) is -0.172. The summed E-state index contributed by atoms with van der Waals surface area (Å²) in [6, 6.07) is 13.6. The van der Waals surface area contributed by atoms with Gasteiger partial charge in [0.2, 0.25) is 0 Å². The maximum absolute atomic E-state index is 13.0. The minimum Gasteiger partial charge on any atom is -0.319 e. The first-order chi connectivity index (χ1) is 11.6. The number of fused-ring (bicyclic) bond motifs is 1. The predicted octanol–water partition coefficient (Wildman–Crippen LogP) is 2.66. The summed E-state index contributed by atoms with van der Waals surface area (Å²) in [6.07, 6.45) is 2.26.